The van der Waals surface area contributed by atoms with Gasteiger partial charge in [-0.15, -0.1) is 0 Å². The van der Waals surface area contributed by atoms with Crippen molar-refractivity contribution in [1.29, 1.82) is 0 Å². The molecule has 0 aromatic heterocycles. The predicted molar refractivity (Wildman–Crippen MR) is 113 cm³/mol. The number of hydrogen-bond acceptors (Lipinski definition) is 3. The van der Waals surface area contributed by atoms with Gasteiger partial charge in [-0.1, -0.05) is 0 Å². The Morgan fingerprint density at radius 3 is 1.37 bits per heavy atom. The first-order chi connectivity index (χ1) is 13.6. The molecule has 0 rings (SSSR count). The fraction of sp³-hybridized carbons (Fsp3) is 0.909. The minimum Gasteiger partial charge on any atom is -1.00 e. The molecule has 0 fully saturated rings. The van der Waals surface area contributed by atoms with Gasteiger partial charge in [-0.05, 0) is 0 Å². The quantitative estimate of drug-likeness (QED) is 0.180. The van der Waals surface area contributed by atoms with Crippen LogP contribution < -0.4 is 32.4 Å². The fourth-order valence-electron chi connectivity index (χ4n) is 2.96. The van der Waals surface area contributed by atoms with Crippen molar-refractivity contribution >= 4 is 11.8 Å². The summed E-state index contributed by atoms with van der Waals surface area (Å²) < 4.78 is 12.0. The molecule has 0 aliphatic heterocycles. The van der Waals surface area contributed by atoms with Crippen LogP contribution in [0.25, 0.3) is 0 Å². The second-order valence-corrected chi connectivity index (χ2v) is 9.92. The molecule has 0 heterocycles. The van der Waals surface area contributed by atoms with Crippen molar-refractivity contribution in [3.63, 3.8) is 0 Å². The maximum atomic E-state index is 12.2. The van der Waals surface area contributed by atoms with E-state index in [1.54, 1.807) is 0 Å². The molecule has 8 heteroatoms. The number of rotatable bonds is 20. The number of hydrogen-bond donors (Lipinski definition) is 2. The molecule has 0 radical (unpaired) electrons. The Kier molecular flexibility index (Phi) is 31.6. The number of nitrogens with one attached hydrogen (secondary N) is 2. The minimum absolute atomic E-state index is 0. The van der Waals surface area contributed by atoms with Gasteiger partial charge in [-0.25, -0.2) is 0 Å². The molecule has 0 aliphatic carbocycles. The van der Waals surface area contributed by atoms with E-state index < -0.39 is 18.8 Å². The zero-order valence-electron chi connectivity index (χ0n) is 19.5. The van der Waals surface area contributed by atoms with Crippen molar-refractivity contribution in [1.82, 2.24) is 7.60 Å². The third-order valence-electron chi connectivity index (χ3n) is 4.76. The van der Waals surface area contributed by atoms with Crippen molar-refractivity contribution in [3.8, 4) is 0 Å². The van der Waals surface area contributed by atoms with Gasteiger partial charge in [0.1, 0.15) is 0 Å². The fourth-order valence-corrected chi connectivity index (χ4v) is 5.01. The summed E-state index contributed by atoms with van der Waals surface area (Å²) in [5.41, 5.74) is 0. The second-order valence-electron chi connectivity index (χ2n) is 7.66. The molecule has 0 bridgehead atoms. The van der Waals surface area contributed by atoms with E-state index in [0.717, 1.165) is 38.5 Å². The first-order valence-electron chi connectivity index (χ1n) is 11.7. The van der Waals surface area contributed by atoms with E-state index in [2.05, 4.69) is 28.4 Å². The summed E-state index contributed by atoms with van der Waals surface area (Å²) in [7, 11) is 0. The van der Waals surface area contributed by atoms with Crippen LogP contribution in [0.5, 0.6) is 0 Å². The van der Waals surface area contributed by atoms with E-state index in [-0.39, 0.29) is 36.6 Å². The maximum Gasteiger partial charge on any atom is -1.00 e. The Morgan fingerprint density at radius 1 is 0.600 bits per heavy atom. The van der Waals surface area contributed by atoms with Crippen LogP contribution >= 0.6 is 0 Å². The zero-order valence-corrected chi connectivity index (χ0v) is 22.6. The summed E-state index contributed by atoms with van der Waals surface area (Å²) in [6, 6.07) is 0. The van der Waals surface area contributed by atoms with Crippen LogP contribution in [0.2, 0.25) is 0 Å². The topological polar surface area (TPSA) is 67.4 Å². The number of halogens is 2. The first-order valence-corrected chi connectivity index (χ1v) is 13.9. The molecule has 0 unspecified atom stereocenters. The maximum absolute atomic E-state index is 12.2. The van der Waals surface area contributed by atoms with E-state index in [9.17, 15) is 9.59 Å². The molecule has 0 atom stereocenters. The van der Waals surface area contributed by atoms with Crippen LogP contribution in [-0.2, 0) is 31.7 Å². The number of unbranched alkanes of at least 4 members (excludes halogenated alkanes) is 11. The van der Waals surface area contributed by atoms with Crippen LogP contribution in [0.1, 0.15) is 124 Å². The molecule has 0 aromatic carbocycles. The Balaban J connectivity index is -0.00000364. The number of carbonyl (C=O) groups excluding carboxylic acids is 2. The number of amides is 2. The van der Waals surface area contributed by atoms with Gasteiger partial charge >= 0.3 is 181 Å². The van der Waals surface area contributed by atoms with Gasteiger partial charge in [-0.2, -0.15) is 0 Å². The van der Waals surface area contributed by atoms with Crippen molar-refractivity contribution in [3.05, 3.63) is 0 Å². The Bertz CT molecular complexity index is 363. The van der Waals surface area contributed by atoms with Crippen LogP contribution in [-0.4, -0.2) is 18.4 Å². The normalized spacial score (nSPS) is 9.97. The van der Waals surface area contributed by atoms with Crippen LogP contribution in [0.4, 0.5) is 0 Å². The Morgan fingerprint density at radius 2 is 0.967 bits per heavy atom. The summed E-state index contributed by atoms with van der Waals surface area (Å²) in [6.45, 7) is 7.19. The zero-order chi connectivity index (χ0) is 20.9. The van der Waals surface area contributed by atoms with Gasteiger partial charge in [0.15, 0.2) is 0 Å². The summed E-state index contributed by atoms with van der Waals surface area (Å²) >= 11 is -2.54. The average molecular weight is 504 g/mol. The molecule has 0 saturated carbocycles. The average Bonchev–Trinajstić information content (AvgIpc) is 2.67. The van der Waals surface area contributed by atoms with Crippen molar-refractivity contribution in [2.24, 2.45) is 0 Å². The molecular formula is C22H45Cl2N2O3Ti. The molecule has 2 amide bonds. The first kappa shape index (κ1) is 34.8. The monoisotopic (exact) mass is 503 g/mol. The third kappa shape index (κ3) is 24.5. The predicted octanol–water partition coefficient (Wildman–Crippen LogP) is -0.0921. The summed E-state index contributed by atoms with van der Waals surface area (Å²) in [6.07, 6.45) is 16.9. The van der Waals surface area contributed by atoms with Crippen molar-refractivity contribution in [2.45, 2.75) is 124 Å². The molecule has 5 nitrogen and oxygen atoms in total. The van der Waals surface area contributed by atoms with Crippen LogP contribution in [0, 0.1) is 0 Å². The standard InChI is InChI=1S/2C8H17NO.C6H13O.2ClH.Ti/c2*1-2-3-4-5-6-7-8(9)10;1-2-3-4-5-6-7;;;/h2*2-7H2,1H3,(H2,9,10);2-6H2,1H3;2*1H;/q;;-1;;;+5/p-4. The molecular weight excluding hydrogens is 459 g/mol. The Hall–Kier alpha value is 0.194. The minimum atomic E-state index is -2.54. The summed E-state index contributed by atoms with van der Waals surface area (Å²) in [5, 5.41) is 0. The van der Waals surface area contributed by atoms with E-state index >= 15 is 0 Å². The molecule has 179 valence electrons. The van der Waals surface area contributed by atoms with Crippen molar-refractivity contribution in [2.75, 3.05) is 6.61 Å². The van der Waals surface area contributed by atoms with Gasteiger partial charge in [0, 0.05) is 0 Å². The smallest absolute Gasteiger partial charge is 1.00 e. The SMILES string of the molecule is CCCCCCCC(=O)[NH][Ti+2]([NH]C(=O)CCCCCCC)[O]CCCCCC.[Cl-].[Cl-]. The second kappa shape index (κ2) is 27.2. The van der Waals surface area contributed by atoms with E-state index in [4.69, 9.17) is 3.32 Å². The van der Waals surface area contributed by atoms with Crippen molar-refractivity contribution < 1.29 is 56.5 Å². The molecule has 0 aliphatic rings. The van der Waals surface area contributed by atoms with Gasteiger partial charge in [0.2, 0.25) is 0 Å². The molecule has 0 aromatic rings. The van der Waals surface area contributed by atoms with E-state index in [1.165, 1.54) is 51.4 Å². The molecule has 30 heavy (non-hydrogen) atoms. The molecule has 2 N–H and O–H groups in total. The van der Waals surface area contributed by atoms with Gasteiger partial charge < -0.3 is 24.8 Å². The van der Waals surface area contributed by atoms with Gasteiger partial charge in [0.25, 0.3) is 0 Å². The van der Waals surface area contributed by atoms with E-state index in [0.29, 0.717) is 19.4 Å². The largest absolute Gasteiger partial charge is 1.00 e. The van der Waals surface area contributed by atoms with Gasteiger partial charge in [0.05, 0.1) is 0 Å². The third-order valence-corrected chi connectivity index (χ3v) is 7.11. The van der Waals surface area contributed by atoms with Gasteiger partial charge in [-0.3, -0.25) is 0 Å². The summed E-state index contributed by atoms with van der Waals surface area (Å²) in [5.74, 6) is 0.0617. The van der Waals surface area contributed by atoms with Crippen LogP contribution in [0.15, 0.2) is 0 Å². The summed E-state index contributed by atoms with van der Waals surface area (Å²) in [4.78, 5) is 24.5. The molecule has 0 spiro atoms. The van der Waals surface area contributed by atoms with E-state index in [1.807, 2.05) is 0 Å². The number of carbonyl (C=O) groups is 2. The van der Waals surface area contributed by atoms with Crippen LogP contribution in [0.3, 0.4) is 0 Å². The Labute approximate surface area is 205 Å². The molecule has 0 saturated heterocycles.